The molecule has 1 saturated heterocycles. The summed E-state index contributed by atoms with van der Waals surface area (Å²) in [6.07, 6.45) is -1.02. The Bertz CT molecular complexity index is 1080. The fraction of sp³-hybridized carbons (Fsp3) is 0.583. The van der Waals surface area contributed by atoms with Crippen LogP contribution in [0.3, 0.4) is 0 Å². The molecular formula is C24H28F5N3O3. The van der Waals surface area contributed by atoms with Crippen LogP contribution in [0.5, 0.6) is 0 Å². The summed E-state index contributed by atoms with van der Waals surface area (Å²) in [7, 11) is 0. The van der Waals surface area contributed by atoms with Crippen LogP contribution in [-0.2, 0) is 27.0 Å². The minimum absolute atomic E-state index is 0.0154. The lowest BCUT2D eigenvalue weighted by atomic mass is 9.83. The molecule has 4 rings (SSSR count). The van der Waals surface area contributed by atoms with Gasteiger partial charge < -0.3 is 9.14 Å². The number of fused-ring (bicyclic) bond motifs is 1. The van der Waals surface area contributed by atoms with Gasteiger partial charge in [0.05, 0.1) is 11.8 Å². The van der Waals surface area contributed by atoms with E-state index in [4.69, 9.17) is 9.57 Å². The van der Waals surface area contributed by atoms with E-state index in [1.54, 1.807) is 13.0 Å². The number of nitrogens with one attached hydrogen (secondary N) is 1. The second-order valence-corrected chi connectivity index (χ2v) is 9.26. The maximum absolute atomic E-state index is 13.8. The molecule has 1 aliphatic heterocycles. The minimum Gasteiger partial charge on any atom is -0.381 e. The van der Waals surface area contributed by atoms with Crippen molar-refractivity contribution < 1.29 is 36.3 Å². The standard InChI is InChI=1S/C24H28F5N3O3/c1-15-12-17(2-3-21(33)31-35-18-6-10-34-11-7-18)14-20-30-22(24(27,28)29)19(32(15)20)13-16-4-8-23(25,26)9-5-16/h2-3,12,14,16,18H,4-11,13H2,1H3,(H,31,33)/b3-2+. The average molecular weight is 501 g/mol. The molecule has 2 aromatic heterocycles. The maximum Gasteiger partial charge on any atom is 0.435 e. The minimum atomic E-state index is -4.68. The number of pyridine rings is 1. The van der Waals surface area contributed by atoms with E-state index in [0.717, 1.165) is 0 Å². The van der Waals surface area contributed by atoms with Crippen LogP contribution in [-0.4, -0.2) is 40.5 Å². The summed E-state index contributed by atoms with van der Waals surface area (Å²) in [5, 5.41) is 0. The first-order valence-electron chi connectivity index (χ1n) is 11.7. The van der Waals surface area contributed by atoms with Crippen molar-refractivity contribution in [1.82, 2.24) is 14.9 Å². The van der Waals surface area contributed by atoms with Gasteiger partial charge in [0.1, 0.15) is 5.65 Å². The first kappa shape index (κ1) is 25.6. The van der Waals surface area contributed by atoms with E-state index in [0.29, 0.717) is 37.3 Å². The molecule has 6 nitrogen and oxygen atoms in total. The number of hydroxylamine groups is 1. The first-order chi connectivity index (χ1) is 16.5. The summed E-state index contributed by atoms with van der Waals surface area (Å²) in [6.45, 7) is 2.78. The van der Waals surface area contributed by atoms with Crippen LogP contribution in [0, 0.1) is 12.8 Å². The predicted molar refractivity (Wildman–Crippen MR) is 118 cm³/mol. The highest BCUT2D eigenvalue weighted by atomic mass is 19.4. The Morgan fingerprint density at radius 3 is 2.57 bits per heavy atom. The van der Waals surface area contributed by atoms with Gasteiger partial charge in [-0.05, 0) is 68.7 Å². The summed E-state index contributed by atoms with van der Waals surface area (Å²) >= 11 is 0. The van der Waals surface area contributed by atoms with Gasteiger partial charge in [-0.2, -0.15) is 13.2 Å². The van der Waals surface area contributed by atoms with Crippen molar-refractivity contribution in [3.63, 3.8) is 0 Å². The molecule has 0 spiro atoms. The van der Waals surface area contributed by atoms with Crippen molar-refractivity contribution in [3.05, 3.63) is 40.9 Å². The number of imidazole rings is 1. The Balaban J connectivity index is 1.52. The molecule has 35 heavy (non-hydrogen) atoms. The van der Waals surface area contributed by atoms with Crippen LogP contribution >= 0.6 is 0 Å². The number of rotatable bonds is 6. The fourth-order valence-electron chi connectivity index (χ4n) is 4.69. The van der Waals surface area contributed by atoms with Crippen molar-refractivity contribution in [3.8, 4) is 0 Å². The zero-order valence-electron chi connectivity index (χ0n) is 19.3. The average Bonchev–Trinajstić information content (AvgIpc) is 3.17. The quantitative estimate of drug-likeness (QED) is 0.333. The maximum atomic E-state index is 13.8. The molecule has 0 bridgehead atoms. The van der Waals surface area contributed by atoms with Crippen molar-refractivity contribution in [2.45, 2.75) is 70.1 Å². The predicted octanol–water partition coefficient (Wildman–Crippen LogP) is 5.27. The number of carbonyl (C=O) groups is 1. The monoisotopic (exact) mass is 501 g/mol. The highest BCUT2D eigenvalue weighted by Crippen LogP contribution is 2.40. The van der Waals surface area contributed by atoms with Crippen LogP contribution < -0.4 is 5.48 Å². The Morgan fingerprint density at radius 1 is 1.23 bits per heavy atom. The van der Waals surface area contributed by atoms with Gasteiger partial charge in [0.15, 0.2) is 5.69 Å². The van der Waals surface area contributed by atoms with E-state index in [9.17, 15) is 26.7 Å². The molecule has 1 amide bonds. The number of aromatic nitrogens is 2. The molecule has 2 aromatic rings. The second-order valence-electron chi connectivity index (χ2n) is 9.26. The van der Waals surface area contributed by atoms with E-state index in [2.05, 4.69) is 10.5 Å². The fourth-order valence-corrected chi connectivity index (χ4v) is 4.69. The molecule has 3 heterocycles. The highest BCUT2D eigenvalue weighted by Gasteiger charge is 2.40. The van der Waals surface area contributed by atoms with E-state index in [1.807, 2.05) is 0 Å². The molecule has 1 aliphatic carbocycles. The second kappa shape index (κ2) is 10.2. The van der Waals surface area contributed by atoms with Crippen molar-refractivity contribution in [2.24, 2.45) is 5.92 Å². The van der Waals surface area contributed by atoms with Gasteiger partial charge in [-0.3, -0.25) is 9.63 Å². The lowest BCUT2D eigenvalue weighted by Crippen LogP contribution is -2.32. The van der Waals surface area contributed by atoms with Crippen molar-refractivity contribution in [2.75, 3.05) is 13.2 Å². The molecule has 1 N–H and O–H groups in total. The Hall–Kier alpha value is -2.53. The van der Waals surface area contributed by atoms with Gasteiger partial charge in [0.25, 0.3) is 5.91 Å². The molecule has 0 radical (unpaired) electrons. The number of carbonyl (C=O) groups excluding carboxylic acids is 1. The topological polar surface area (TPSA) is 64.9 Å². The van der Waals surface area contributed by atoms with Crippen LogP contribution in [0.4, 0.5) is 22.0 Å². The number of nitrogens with zero attached hydrogens (tertiary/aromatic N) is 2. The van der Waals surface area contributed by atoms with Crippen LogP contribution in [0.25, 0.3) is 11.7 Å². The summed E-state index contributed by atoms with van der Waals surface area (Å²) < 4.78 is 75.1. The van der Waals surface area contributed by atoms with Crippen molar-refractivity contribution >= 4 is 17.6 Å². The van der Waals surface area contributed by atoms with E-state index in [-0.39, 0.29) is 55.5 Å². The zero-order chi connectivity index (χ0) is 25.2. The van der Waals surface area contributed by atoms with Gasteiger partial charge in [-0.15, -0.1) is 0 Å². The Kier molecular flexibility index (Phi) is 7.46. The lowest BCUT2D eigenvalue weighted by Gasteiger charge is -2.28. The number of amides is 1. The molecule has 0 aromatic carbocycles. The smallest absolute Gasteiger partial charge is 0.381 e. The largest absolute Gasteiger partial charge is 0.435 e. The third kappa shape index (κ3) is 6.38. The van der Waals surface area contributed by atoms with Gasteiger partial charge in [0, 0.05) is 37.8 Å². The number of hydrogen-bond acceptors (Lipinski definition) is 4. The third-order valence-corrected chi connectivity index (χ3v) is 6.53. The van der Waals surface area contributed by atoms with Crippen molar-refractivity contribution in [1.29, 1.82) is 0 Å². The summed E-state index contributed by atoms with van der Waals surface area (Å²) in [5.41, 5.74) is 2.43. The molecule has 0 unspecified atom stereocenters. The van der Waals surface area contributed by atoms with Gasteiger partial charge in [-0.1, -0.05) is 0 Å². The normalized spacial score (nSPS) is 20.1. The molecule has 0 atom stereocenters. The molecule has 2 aliphatic rings. The van der Waals surface area contributed by atoms with E-state index in [1.165, 1.54) is 22.6 Å². The Morgan fingerprint density at radius 2 is 1.91 bits per heavy atom. The SMILES string of the molecule is Cc1cc(/C=C/C(=O)NOC2CCOCC2)cc2nc(C(F)(F)F)c(CC3CCC(F)(F)CC3)n12. The number of hydrogen-bond donors (Lipinski definition) is 1. The zero-order valence-corrected chi connectivity index (χ0v) is 19.3. The molecule has 192 valence electrons. The summed E-state index contributed by atoms with van der Waals surface area (Å²) in [4.78, 5) is 21.3. The van der Waals surface area contributed by atoms with E-state index < -0.39 is 23.7 Å². The molecule has 2 fully saturated rings. The summed E-state index contributed by atoms with van der Waals surface area (Å²) in [5.74, 6) is -3.51. The summed E-state index contributed by atoms with van der Waals surface area (Å²) in [6, 6.07) is 3.11. The van der Waals surface area contributed by atoms with Crippen LogP contribution in [0.2, 0.25) is 0 Å². The number of ether oxygens (including phenoxy) is 1. The molecular weight excluding hydrogens is 473 g/mol. The lowest BCUT2D eigenvalue weighted by molar-refractivity contribution is -0.141. The number of halogens is 5. The Labute approximate surface area is 199 Å². The van der Waals surface area contributed by atoms with Crippen LogP contribution in [0.1, 0.15) is 61.2 Å². The van der Waals surface area contributed by atoms with Gasteiger partial charge >= 0.3 is 6.18 Å². The van der Waals surface area contributed by atoms with Crippen LogP contribution in [0.15, 0.2) is 18.2 Å². The number of aryl methyl sites for hydroxylation is 1. The third-order valence-electron chi connectivity index (χ3n) is 6.53. The number of alkyl halides is 5. The van der Waals surface area contributed by atoms with Gasteiger partial charge in [0.2, 0.25) is 5.92 Å². The van der Waals surface area contributed by atoms with E-state index >= 15 is 0 Å². The molecule has 11 heteroatoms. The van der Waals surface area contributed by atoms with Gasteiger partial charge in [-0.25, -0.2) is 19.2 Å². The first-order valence-corrected chi connectivity index (χ1v) is 11.7. The molecule has 1 saturated carbocycles. The highest BCUT2D eigenvalue weighted by molar-refractivity contribution is 5.91.